The molecule has 9 nitrogen and oxygen atoms in total. The Morgan fingerprint density at radius 3 is 2.71 bits per heavy atom. The Kier molecular flexibility index (Phi) is 4.86. The first kappa shape index (κ1) is 18.2. The normalized spacial score (nSPS) is 13.7. The summed E-state index contributed by atoms with van der Waals surface area (Å²) < 4.78 is 20.3. The zero-order valence-corrected chi connectivity index (χ0v) is 16.2. The summed E-state index contributed by atoms with van der Waals surface area (Å²) >= 11 is 1.29. The van der Waals surface area contributed by atoms with Gasteiger partial charge < -0.3 is 18.8 Å². The lowest BCUT2D eigenvalue weighted by molar-refractivity contribution is -0.143. The third-order valence-electron chi connectivity index (χ3n) is 4.18. The molecule has 1 aromatic carbocycles. The number of carbonyl (C=O) groups is 2. The first-order chi connectivity index (χ1) is 13.6. The van der Waals surface area contributed by atoms with E-state index < -0.39 is 11.9 Å². The van der Waals surface area contributed by atoms with Gasteiger partial charge in [-0.2, -0.15) is 10.1 Å². The smallest absolute Gasteiger partial charge is 0.326 e. The zero-order chi connectivity index (χ0) is 19.7. The first-order valence-corrected chi connectivity index (χ1v) is 9.54. The number of thiazole rings is 1. The van der Waals surface area contributed by atoms with E-state index in [4.69, 9.17) is 14.2 Å². The summed E-state index contributed by atoms with van der Waals surface area (Å²) in [4.78, 5) is 29.3. The summed E-state index contributed by atoms with van der Waals surface area (Å²) in [5.74, 6) is 0.374. The number of esters is 1. The lowest BCUT2D eigenvalue weighted by atomic mass is 10.2. The topological polar surface area (TPSA) is 96.9 Å². The highest BCUT2D eigenvalue weighted by atomic mass is 32.1. The van der Waals surface area contributed by atoms with Crippen LogP contribution in [0.1, 0.15) is 17.4 Å². The monoisotopic (exact) mass is 402 g/mol. The molecule has 1 amide bonds. The predicted molar refractivity (Wildman–Crippen MR) is 101 cm³/mol. The molecule has 0 spiro atoms. The average Bonchev–Trinajstić information content (AvgIpc) is 3.24. The fourth-order valence-corrected chi connectivity index (χ4v) is 3.95. The number of rotatable bonds is 4. The highest BCUT2D eigenvalue weighted by Gasteiger charge is 2.19. The first-order valence-electron chi connectivity index (χ1n) is 8.72. The molecule has 0 bridgehead atoms. The maximum Gasteiger partial charge on any atom is 0.326 e. The van der Waals surface area contributed by atoms with Crippen molar-refractivity contribution >= 4 is 33.4 Å². The molecule has 0 N–H and O–H groups in total. The van der Waals surface area contributed by atoms with Gasteiger partial charge in [-0.05, 0) is 13.0 Å². The molecule has 0 aliphatic carbocycles. The molecule has 3 aromatic rings. The Bertz CT molecular complexity index is 1130. The number of nitrogens with zero attached hydrogens (tertiary/aromatic N) is 4. The number of fused-ring (bicyclic) bond motifs is 2. The van der Waals surface area contributed by atoms with E-state index in [1.54, 1.807) is 30.7 Å². The van der Waals surface area contributed by atoms with Gasteiger partial charge in [0, 0.05) is 25.4 Å². The number of carbonyl (C=O) groups excluding carboxylic acids is 2. The van der Waals surface area contributed by atoms with Gasteiger partial charge in [0.25, 0.3) is 5.91 Å². The number of hydrogen-bond donors (Lipinski definition) is 0. The van der Waals surface area contributed by atoms with Gasteiger partial charge in [-0.25, -0.2) is 0 Å². The molecule has 0 saturated carbocycles. The molecule has 2 aromatic heterocycles. The molecule has 146 valence electrons. The molecule has 0 fully saturated rings. The van der Waals surface area contributed by atoms with Crippen LogP contribution >= 0.6 is 11.3 Å². The highest BCUT2D eigenvalue weighted by Crippen LogP contribution is 2.35. The molecule has 10 heteroatoms. The summed E-state index contributed by atoms with van der Waals surface area (Å²) in [7, 11) is 1.67. The van der Waals surface area contributed by atoms with E-state index in [2.05, 4.69) is 10.1 Å². The van der Waals surface area contributed by atoms with Gasteiger partial charge >= 0.3 is 5.97 Å². The Labute approximate surface area is 163 Å². The van der Waals surface area contributed by atoms with Crippen LogP contribution in [-0.4, -0.2) is 46.0 Å². The van der Waals surface area contributed by atoms with Crippen LogP contribution in [0.25, 0.3) is 10.2 Å². The van der Waals surface area contributed by atoms with E-state index in [0.29, 0.717) is 35.2 Å². The fraction of sp³-hybridized carbons (Fsp3) is 0.333. The number of aryl methyl sites for hydroxylation is 1. The second-order valence-electron chi connectivity index (χ2n) is 6.00. The molecule has 0 unspecified atom stereocenters. The minimum Gasteiger partial charge on any atom is -0.486 e. The van der Waals surface area contributed by atoms with E-state index >= 15 is 0 Å². The minimum atomic E-state index is -0.443. The Hall–Kier alpha value is -3.14. The quantitative estimate of drug-likeness (QED) is 0.614. The van der Waals surface area contributed by atoms with Gasteiger partial charge in [0.2, 0.25) is 0 Å². The summed E-state index contributed by atoms with van der Waals surface area (Å²) in [6.45, 7) is 2.88. The predicted octanol–water partition coefficient (Wildman–Crippen LogP) is 1.51. The van der Waals surface area contributed by atoms with Crippen molar-refractivity contribution in [3.8, 4) is 11.5 Å². The van der Waals surface area contributed by atoms with Crippen LogP contribution in [0.5, 0.6) is 11.5 Å². The third kappa shape index (κ3) is 3.38. The van der Waals surface area contributed by atoms with Crippen molar-refractivity contribution < 1.29 is 23.8 Å². The number of aromatic nitrogens is 3. The van der Waals surface area contributed by atoms with Crippen LogP contribution in [0.15, 0.2) is 29.4 Å². The van der Waals surface area contributed by atoms with Crippen molar-refractivity contribution in [2.24, 2.45) is 12.0 Å². The molecule has 0 radical (unpaired) electrons. The van der Waals surface area contributed by atoms with Gasteiger partial charge in [0.15, 0.2) is 16.3 Å². The second-order valence-corrected chi connectivity index (χ2v) is 7.01. The SMILES string of the molecule is CCOC(=O)Cn1c(=NC(=O)c2ccnn2C)sc2cc3c(cc21)OCCO3. The van der Waals surface area contributed by atoms with E-state index in [-0.39, 0.29) is 13.2 Å². The largest absolute Gasteiger partial charge is 0.486 e. The summed E-state index contributed by atoms with van der Waals surface area (Å²) in [5, 5.41) is 3.99. The zero-order valence-electron chi connectivity index (χ0n) is 15.4. The maximum absolute atomic E-state index is 12.6. The van der Waals surface area contributed by atoms with Crippen LogP contribution < -0.4 is 14.3 Å². The van der Waals surface area contributed by atoms with Crippen molar-refractivity contribution in [2.75, 3.05) is 19.8 Å². The van der Waals surface area contributed by atoms with Crippen molar-refractivity contribution in [3.63, 3.8) is 0 Å². The van der Waals surface area contributed by atoms with E-state index in [1.807, 2.05) is 6.07 Å². The minimum absolute atomic E-state index is 0.0645. The second kappa shape index (κ2) is 7.47. The molecule has 1 aliphatic heterocycles. The van der Waals surface area contributed by atoms with Crippen molar-refractivity contribution in [3.05, 3.63) is 34.9 Å². The van der Waals surface area contributed by atoms with Crippen molar-refractivity contribution in [1.29, 1.82) is 0 Å². The number of amides is 1. The average molecular weight is 402 g/mol. The maximum atomic E-state index is 12.6. The van der Waals surface area contributed by atoms with Crippen LogP contribution in [0.4, 0.5) is 0 Å². The Morgan fingerprint density at radius 1 is 1.29 bits per heavy atom. The van der Waals surface area contributed by atoms with Crippen molar-refractivity contribution in [2.45, 2.75) is 13.5 Å². The molecule has 0 atom stereocenters. The molecular formula is C18H18N4O5S. The van der Waals surface area contributed by atoms with E-state index in [9.17, 15) is 9.59 Å². The van der Waals surface area contributed by atoms with Crippen LogP contribution in [0.3, 0.4) is 0 Å². The molecule has 0 saturated heterocycles. The van der Waals surface area contributed by atoms with Gasteiger partial charge in [-0.15, -0.1) is 0 Å². The summed E-state index contributed by atoms with van der Waals surface area (Å²) in [6, 6.07) is 5.23. The van der Waals surface area contributed by atoms with Gasteiger partial charge in [-0.3, -0.25) is 14.3 Å². The lowest BCUT2D eigenvalue weighted by Crippen LogP contribution is -2.23. The molecular weight excluding hydrogens is 384 g/mol. The summed E-state index contributed by atoms with van der Waals surface area (Å²) in [6.07, 6.45) is 1.53. The van der Waals surface area contributed by atoms with Crippen LogP contribution in [-0.2, 0) is 23.1 Å². The van der Waals surface area contributed by atoms with E-state index in [0.717, 1.165) is 10.2 Å². The highest BCUT2D eigenvalue weighted by molar-refractivity contribution is 7.16. The number of hydrogen-bond acceptors (Lipinski definition) is 7. The van der Waals surface area contributed by atoms with Crippen LogP contribution in [0, 0.1) is 0 Å². The number of ether oxygens (including phenoxy) is 3. The number of benzene rings is 1. The standard InChI is InChI=1S/C18H18N4O5S/c1-3-25-16(23)10-22-12-8-13-14(27-7-6-26-13)9-15(12)28-18(22)20-17(24)11-4-5-19-21(11)2/h4-5,8-9H,3,6-7,10H2,1-2H3. The van der Waals surface area contributed by atoms with Crippen LogP contribution in [0.2, 0.25) is 0 Å². The molecule has 28 heavy (non-hydrogen) atoms. The fourth-order valence-electron chi connectivity index (χ4n) is 2.91. The Balaban J connectivity index is 1.86. The molecule has 3 heterocycles. The molecule has 1 aliphatic rings. The lowest BCUT2D eigenvalue weighted by Gasteiger charge is -2.18. The summed E-state index contributed by atoms with van der Waals surface area (Å²) in [5.41, 5.74) is 1.07. The van der Waals surface area contributed by atoms with E-state index in [1.165, 1.54) is 22.2 Å². The van der Waals surface area contributed by atoms with Crippen molar-refractivity contribution in [1.82, 2.24) is 14.3 Å². The van der Waals surface area contributed by atoms with Gasteiger partial charge in [0.05, 0.1) is 16.8 Å². The Morgan fingerprint density at radius 2 is 2.04 bits per heavy atom. The third-order valence-corrected chi connectivity index (χ3v) is 5.22. The molecule has 4 rings (SSSR count). The van der Waals surface area contributed by atoms with Gasteiger partial charge in [-0.1, -0.05) is 11.3 Å². The van der Waals surface area contributed by atoms with Gasteiger partial charge in [0.1, 0.15) is 25.5 Å².